The highest BCUT2D eigenvalue weighted by Crippen LogP contribution is 2.27. The highest BCUT2D eigenvalue weighted by Gasteiger charge is 2.20. The highest BCUT2D eigenvalue weighted by atomic mass is 35.5. The molecule has 2 rings (SSSR count). The molecule has 0 spiro atoms. The van der Waals surface area contributed by atoms with E-state index in [2.05, 4.69) is 16.9 Å². The second-order valence-corrected chi connectivity index (χ2v) is 4.71. The van der Waals surface area contributed by atoms with Gasteiger partial charge in [-0.15, -0.1) is 0 Å². The Kier molecular flexibility index (Phi) is 3.66. The molecule has 0 aliphatic heterocycles. The van der Waals surface area contributed by atoms with Gasteiger partial charge in [-0.2, -0.15) is 0 Å². The second kappa shape index (κ2) is 5.02. The van der Waals surface area contributed by atoms with E-state index in [0.29, 0.717) is 16.8 Å². The smallest absolute Gasteiger partial charge is 0.129 e. The maximum Gasteiger partial charge on any atom is 0.129 e. The van der Waals surface area contributed by atoms with E-state index < -0.39 is 0 Å². The van der Waals surface area contributed by atoms with E-state index in [-0.39, 0.29) is 6.61 Å². The molecule has 0 radical (unpaired) electrons. The average molecular weight is 241 g/mol. The molecule has 4 heteroatoms. The lowest BCUT2D eigenvalue weighted by atomic mass is 10.2. The molecule has 88 valence electrons. The standard InChI is InChI=1S/C12H17ClN2O/c1-15(9-4-2-3-5-9)12-7-6-10(13)11(8-16)14-12/h6-7,9,16H,2-5,8H2,1H3. The van der Waals surface area contributed by atoms with Crippen LogP contribution in [0.3, 0.4) is 0 Å². The van der Waals surface area contributed by atoms with E-state index in [1.54, 1.807) is 6.07 Å². The number of pyridine rings is 1. The van der Waals surface area contributed by atoms with Gasteiger partial charge in [0, 0.05) is 13.1 Å². The topological polar surface area (TPSA) is 36.4 Å². The summed E-state index contributed by atoms with van der Waals surface area (Å²) in [4.78, 5) is 6.58. The third-order valence-electron chi connectivity index (χ3n) is 3.29. The van der Waals surface area contributed by atoms with Crippen LogP contribution in [-0.2, 0) is 6.61 Å². The zero-order valence-electron chi connectivity index (χ0n) is 9.49. The Morgan fingerprint density at radius 1 is 1.44 bits per heavy atom. The first-order valence-corrected chi connectivity index (χ1v) is 6.09. The van der Waals surface area contributed by atoms with Gasteiger partial charge in [-0.05, 0) is 25.0 Å². The quantitative estimate of drug-likeness (QED) is 0.883. The van der Waals surface area contributed by atoms with Crippen LogP contribution >= 0.6 is 11.6 Å². The molecule has 0 atom stereocenters. The van der Waals surface area contributed by atoms with Gasteiger partial charge in [-0.25, -0.2) is 4.98 Å². The van der Waals surface area contributed by atoms with E-state index in [4.69, 9.17) is 16.7 Å². The minimum absolute atomic E-state index is 0.106. The molecule has 1 heterocycles. The summed E-state index contributed by atoms with van der Waals surface area (Å²) in [6, 6.07) is 4.31. The summed E-state index contributed by atoms with van der Waals surface area (Å²) in [5.41, 5.74) is 0.559. The lowest BCUT2D eigenvalue weighted by molar-refractivity contribution is 0.277. The second-order valence-electron chi connectivity index (χ2n) is 4.31. The van der Waals surface area contributed by atoms with Gasteiger partial charge in [0.2, 0.25) is 0 Å². The largest absolute Gasteiger partial charge is 0.390 e. The number of halogens is 1. The lowest BCUT2D eigenvalue weighted by Crippen LogP contribution is -2.29. The van der Waals surface area contributed by atoms with E-state index in [0.717, 1.165) is 5.82 Å². The summed E-state index contributed by atoms with van der Waals surface area (Å²) in [6.07, 6.45) is 5.06. The fourth-order valence-electron chi connectivity index (χ4n) is 2.26. The summed E-state index contributed by atoms with van der Waals surface area (Å²) < 4.78 is 0. The van der Waals surface area contributed by atoms with Crippen LogP contribution in [0.1, 0.15) is 31.4 Å². The number of hydrogen-bond acceptors (Lipinski definition) is 3. The third-order valence-corrected chi connectivity index (χ3v) is 3.63. The molecule has 1 aliphatic rings. The predicted octanol–water partition coefficient (Wildman–Crippen LogP) is 2.61. The summed E-state index contributed by atoms with van der Waals surface area (Å²) in [5.74, 6) is 0.903. The highest BCUT2D eigenvalue weighted by molar-refractivity contribution is 6.31. The first-order chi connectivity index (χ1) is 7.72. The monoisotopic (exact) mass is 240 g/mol. The zero-order valence-corrected chi connectivity index (χ0v) is 10.2. The van der Waals surface area contributed by atoms with Crippen LogP contribution in [0.15, 0.2) is 12.1 Å². The van der Waals surface area contributed by atoms with Gasteiger partial charge in [0.15, 0.2) is 0 Å². The number of hydrogen-bond donors (Lipinski definition) is 1. The Hall–Kier alpha value is -0.800. The molecule has 0 unspecified atom stereocenters. The SMILES string of the molecule is CN(c1ccc(Cl)c(CO)n1)C1CCCC1. The van der Waals surface area contributed by atoms with E-state index in [1.165, 1.54) is 25.7 Å². The van der Waals surface area contributed by atoms with Crippen LogP contribution in [0.5, 0.6) is 0 Å². The van der Waals surface area contributed by atoms with Crippen LogP contribution in [0, 0.1) is 0 Å². The van der Waals surface area contributed by atoms with Crippen molar-refractivity contribution in [2.75, 3.05) is 11.9 Å². The van der Waals surface area contributed by atoms with Crippen LogP contribution in [0.4, 0.5) is 5.82 Å². The average Bonchev–Trinajstić information content (AvgIpc) is 2.82. The summed E-state index contributed by atoms with van der Waals surface area (Å²) in [5, 5.41) is 9.66. The van der Waals surface area contributed by atoms with Crippen molar-refractivity contribution in [3.8, 4) is 0 Å². The Morgan fingerprint density at radius 2 is 2.12 bits per heavy atom. The molecule has 1 N–H and O–H groups in total. The summed E-state index contributed by atoms with van der Waals surface area (Å²) in [7, 11) is 2.06. The van der Waals surface area contributed by atoms with Gasteiger partial charge in [-0.3, -0.25) is 0 Å². The molecule has 1 aromatic rings. The predicted molar refractivity (Wildman–Crippen MR) is 65.8 cm³/mol. The molecule has 16 heavy (non-hydrogen) atoms. The lowest BCUT2D eigenvalue weighted by Gasteiger charge is -2.25. The van der Waals surface area contributed by atoms with Gasteiger partial charge in [-0.1, -0.05) is 24.4 Å². The molecule has 0 saturated heterocycles. The van der Waals surface area contributed by atoms with Crippen molar-refractivity contribution >= 4 is 17.4 Å². The number of aliphatic hydroxyl groups excluding tert-OH is 1. The Balaban J connectivity index is 2.19. The number of rotatable bonds is 3. The first-order valence-electron chi connectivity index (χ1n) is 5.71. The summed E-state index contributed by atoms with van der Waals surface area (Å²) >= 11 is 5.92. The van der Waals surface area contributed by atoms with Crippen molar-refractivity contribution in [2.45, 2.75) is 38.3 Å². The van der Waals surface area contributed by atoms with Crippen LogP contribution in [0.25, 0.3) is 0 Å². The number of aliphatic hydroxyl groups is 1. The Labute approximate surface area is 101 Å². The van der Waals surface area contributed by atoms with Gasteiger partial charge in [0.1, 0.15) is 5.82 Å². The van der Waals surface area contributed by atoms with Crippen molar-refractivity contribution in [3.05, 3.63) is 22.8 Å². The first kappa shape index (κ1) is 11.7. The summed E-state index contributed by atoms with van der Waals surface area (Å²) in [6.45, 7) is -0.106. The molecule has 1 aromatic heterocycles. The molecular formula is C12H17ClN2O. The van der Waals surface area contributed by atoms with Crippen molar-refractivity contribution in [3.63, 3.8) is 0 Å². The van der Waals surface area contributed by atoms with Gasteiger partial charge < -0.3 is 10.0 Å². The fourth-order valence-corrected chi connectivity index (χ4v) is 2.42. The molecular weight excluding hydrogens is 224 g/mol. The van der Waals surface area contributed by atoms with E-state index >= 15 is 0 Å². The number of nitrogens with zero attached hydrogens (tertiary/aromatic N) is 2. The molecule has 0 bridgehead atoms. The Morgan fingerprint density at radius 3 is 2.75 bits per heavy atom. The maximum atomic E-state index is 9.12. The van der Waals surface area contributed by atoms with Gasteiger partial charge in [0.05, 0.1) is 17.3 Å². The van der Waals surface area contributed by atoms with Gasteiger partial charge in [0.25, 0.3) is 0 Å². The molecule has 3 nitrogen and oxygen atoms in total. The molecule has 1 fully saturated rings. The van der Waals surface area contributed by atoms with Crippen LogP contribution < -0.4 is 4.90 Å². The van der Waals surface area contributed by atoms with E-state index in [1.807, 2.05) is 6.07 Å². The van der Waals surface area contributed by atoms with Crippen molar-refractivity contribution in [1.82, 2.24) is 4.98 Å². The molecule has 0 aromatic carbocycles. The number of aromatic nitrogens is 1. The van der Waals surface area contributed by atoms with Crippen molar-refractivity contribution in [2.24, 2.45) is 0 Å². The number of anilines is 1. The van der Waals surface area contributed by atoms with E-state index in [9.17, 15) is 0 Å². The maximum absolute atomic E-state index is 9.12. The minimum atomic E-state index is -0.106. The van der Waals surface area contributed by atoms with Crippen molar-refractivity contribution in [1.29, 1.82) is 0 Å². The minimum Gasteiger partial charge on any atom is -0.390 e. The normalized spacial score (nSPS) is 16.7. The molecule has 1 saturated carbocycles. The third kappa shape index (κ3) is 2.30. The van der Waals surface area contributed by atoms with Crippen molar-refractivity contribution < 1.29 is 5.11 Å². The molecule has 1 aliphatic carbocycles. The zero-order chi connectivity index (χ0) is 11.5. The molecule has 0 amide bonds. The van der Waals surface area contributed by atoms with Gasteiger partial charge >= 0.3 is 0 Å². The van der Waals surface area contributed by atoms with Crippen LogP contribution in [-0.4, -0.2) is 23.2 Å². The fraction of sp³-hybridized carbons (Fsp3) is 0.583. The van der Waals surface area contributed by atoms with Crippen LogP contribution in [0.2, 0.25) is 5.02 Å². The Bertz CT molecular complexity index is 364.